The summed E-state index contributed by atoms with van der Waals surface area (Å²) in [6.07, 6.45) is 0.112. The van der Waals surface area contributed by atoms with E-state index in [1.54, 1.807) is 28.1 Å². The van der Waals surface area contributed by atoms with Crippen molar-refractivity contribution >= 4 is 29.4 Å². The lowest BCUT2D eigenvalue weighted by atomic mass is 9.98. The number of oxime groups is 1. The third-order valence-electron chi connectivity index (χ3n) is 5.29. The van der Waals surface area contributed by atoms with Gasteiger partial charge in [-0.25, -0.2) is 4.79 Å². The molecule has 35 heavy (non-hydrogen) atoms. The molecule has 9 heteroatoms. The molecule has 0 aliphatic carbocycles. The van der Waals surface area contributed by atoms with Gasteiger partial charge in [-0.2, -0.15) is 11.8 Å². The summed E-state index contributed by atoms with van der Waals surface area (Å²) in [5.41, 5.74) is 3.71. The number of ether oxygens (including phenoxy) is 2. The molecule has 0 aromatic heterocycles. The van der Waals surface area contributed by atoms with E-state index in [0.717, 1.165) is 33.8 Å². The topological polar surface area (TPSA) is 106 Å². The van der Waals surface area contributed by atoms with E-state index in [2.05, 4.69) is 17.4 Å². The lowest BCUT2D eigenvalue weighted by molar-refractivity contribution is -0.141. The molecular weight excluding hydrogens is 468 g/mol. The van der Waals surface area contributed by atoms with Gasteiger partial charge >= 0.3 is 5.97 Å². The summed E-state index contributed by atoms with van der Waals surface area (Å²) in [6, 6.07) is 10.4. The van der Waals surface area contributed by atoms with E-state index in [9.17, 15) is 14.7 Å². The van der Waals surface area contributed by atoms with Gasteiger partial charge < -0.3 is 24.7 Å². The molecule has 0 bridgehead atoms. The Balaban J connectivity index is 2.28. The van der Waals surface area contributed by atoms with Gasteiger partial charge in [0.2, 0.25) is 0 Å². The van der Waals surface area contributed by atoms with Crippen LogP contribution in [0.15, 0.2) is 41.6 Å². The van der Waals surface area contributed by atoms with Gasteiger partial charge in [0.05, 0.1) is 19.8 Å². The molecule has 0 radical (unpaired) electrons. The van der Waals surface area contributed by atoms with Crippen LogP contribution in [-0.4, -0.2) is 55.8 Å². The van der Waals surface area contributed by atoms with Crippen LogP contribution in [0.25, 0.3) is 11.1 Å². The Morgan fingerprint density at radius 2 is 1.63 bits per heavy atom. The number of aliphatic carboxylic acids is 1. The Kier molecular flexibility index (Phi) is 10.9. The molecule has 1 atom stereocenters. The smallest absolute Gasteiger partial charge is 0.326 e. The molecular formula is C26H34N2O6S. The molecule has 2 aromatic rings. The largest absolute Gasteiger partial charge is 0.496 e. The number of benzene rings is 2. The number of hydrogen-bond acceptors (Lipinski definition) is 7. The molecule has 1 amide bonds. The minimum atomic E-state index is -1.13. The van der Waals surface area contributed by atoms with Gasteiger partial charge in [0, 0.05) is 18.1 Å². The second-order valence-corrected chi connectivity index (χ2v) is 9.37. The summed E-state index contributed by atoms with van der Waals surface area (Å²) in [7, 11) is 4.59. The first-order chi connectivity index (χ1) is 16.7. The van der Waals surface area contributed by atoms with Crippen molar-refractivity contribution in [1.82, 2.24) is 5.32 Å². The average Bonchev–Trinajstić information content (AvgIpc) is 2.84. The fourth-order valence-corrected chi connectivity index (χ4v) is 4.14. The first-order valence-electron chi connectivity index (χ1n) is 11.3. The fourth-order valence-electron chi connectivity index (χ4n) is 3.54. The average molecular weight is 503 g/mol. The predicted molar refractivity (Wildman–Crippen MR) is 139 cm³/mol. The van der Waals surface area contributed by atoms with Gasteiger partial charge in [0.15, 0.2) is 0 Å². The zero-order chi connectivity index (χ0) is 26.0. The van der Waals surface area contributed by atoms with Crippen molar-refractivity contribution in [2.45, 2.75) is 39.0 Å². The minimum Gasteiger partial charge on any atom is -0.496 e. The van der Waals surface area contributed by atoms with Crippen molar-refractivity contribution < 1.29 is 29.0 Å². The summed E-state index contributed by atoms with van der Waals surface area (Å²) in [5.74, 6) is 1.37. The second-order valence-electron chi connectivity index (χ2n) is 8.09. The molecule has 0 aliphatic heterocycles. The van der Waals surface area contributed by atoms with E-state index in [0.29, 0.717) is 11.5 Å². The zero-order valence-corrected chi connectivity index (χ0v) is 21.9. The molecule has 2 aromatic carbocycles. The van der Waals surface area contributed by atoms with Crippen molar-refractivity contribution in [3.63, 3.8) is 0 Å². The second kappa shape index (κ2) is 13.6. The third kappa shape index (κ3) is 7.65. The van der Waals surface area contributed by atoms with Crippen LogP contribution in [0.5, 0.6) is 11.5 Å². The fraction of sp³-hybridized carbons (Fsp3) is 0.423. The number of carboxylic acid groups (broad SMARTS) is 1. The first-order valence-corrected chi connectivity index (χ1v) is 12.5. The predicted octanol–water partition coefficient (Wildman–Crippen LogP) is 4.39. The lowest BCUT2D eigenvalue weighted by Gasteiger charge is -2.18. The van der Waals surface area contributed by atoms with Crippen LogP contribution in [0, 0.1) is 5.92 Å². The van der Waals surface area contributed by atoms with Crippen LogP contribution in [-0.2, 0) is 26.6 Å². The number of methoxy groups -OCH3 is 2. The summed E-state index contributed by atoms with van der Waals surface area (Å²) < 4.78 is 11.3. The summed E-state index contributed by atoms with van der Waals surface area (Å²) in [5, 5.41) is 15.9. The number of carboxylic acids is 1. The van der Waals surface area contributed by atoms with Crippen molar-refractivity contribution in [3.05, 3.63) is 47.5 Å². The SMILES string of the molecule is CCSCc1cc(OC)c(-c2ccc(C[C@H](NC(=O)C(=NOC)C(C)C)C(=O)O)cc2)c(OC)c1. The third-order valence-corrected chi connectivity index (χ3v) is 6.24. The van der Waals surface area contributed by atoms with Gasteiger partial charge in [-0.15, -0.1) is 0 Å². The number of carbonyl (C=O) groups is 2. The van der Waals surface area contributed by atoms with Crippen molar-refractivity contribution in [2.75, 3.05) is 27.1 Å². The molecule has 2 rings (SSSR count). The maximum atomic E-state index is 12.5. The Labute approximate surface area is 211 Å². The molecule has 0 heterocycles. The van der Waals surface area contributed by atoms with E-state index >= 15 is 0 Å². The van der Waals surface area contributed by atoms with E-state index in [1.807, 2.05) is 48.2 Å². The monoisotopic (exact) mass is 502 g/mol. The summed E-state index contributed by atoms with van der Waals surface area (Å²) >= 11 is 1.82. The zero-order valence-electron chi connectivity index (χ0n) is 21.1. The maximum Gasteiger partial charge on any atom is 0.326 e. The van der Waals surface area contributed by atoms with Crippen molar-refractivity contribution in [1.29, 1.82) is 0 Å². The van der Waals surface area contributed by atoms with Crippen LogP contribution < -0.4 is 14.8 Å². The number of rotatable bonds is 13. The Morgan fingerprint density at radius 3 is 2.09 bits per heavy atom. The normalized spacial score (nSPS) is 12.3. The van der Waals surface area contributed by atoms with E-state index in [-0.39, 0.29) is 18.1 Å². The number of hydrogen-bond donors (Lipinski definition) is 2. The van der Waals surface area contributed by atoms with Crippen LogP contribution in [0.1, 0.15) is 31.9 Å². The van der Waals surface area contributed by atoms with Crippen LogP contribution >= 0.6 is 11.8 Å². The number of nitrogens with one attached hydrogen (secondary N) is 1. The standard InChI is InChI=1S/C26H34N2O6S/c1-7-35-15-18-13-21(32-4)23(22(14-18)33-5)19-10-8-17(9-11-19)12-20(26(30)31)27-25(29)24(16(2)3)28-34-6/h8-11,13-14,16,20H,7,12,15H2,1-6H3,(H,27,29)(H,30,31)/t20-/m0/s1. The molecule has 8 nitrogen and oxygen atoms in total. The number of thioether (sulfide) groups is 1. The minimum absolute atomic E-state index is 0.112. The molecule has 0 unspecified atom stereocenters. The Bertz CT molecular complexity index is 1010. The molecule has 2 N–H and O–H groups in total. The quantitative estimate of drug-likeness (QED) is 0.309. The molecule has 0 saturated heterocycles. The van der Waals surface area contributed by atoms with Crippen LogP contribution in [0.3, 0.4) is 0 Å². The first kappa shape index (κ1) is 28.0. The van der Waals surface area contributed by atoms with E-state index in [4.69, 9.17) is 14.3 Å². The van der Waals surface area contributed by atoms with Gasteiger partial charge in [-0.05, 0) is 34.6 Å². The van der Waals surface area contributed by atoms with Crippen molar-refractivity contribution in [2.24, 2.45) is 11.1 Å². The highest BCUT2D eigenvalue weighted by Gasteiger charge is 2.25. The Morgan fingerprint density at radius 1 is 1.03 bits per heavy atom. The number of nitrogens with zero attached hydrogens (tertiary/aromatic N) is 1. The lowest BCUT2D eigenvalue weighted by Crippen LogP contribution is -2.46. The van der Waals surface area contributed by atoms with E-state index < -0.39 is 17.9 Å². The molecule has 0 fully saturated rings. The van der Waals surface area contributed by atoms with Gasteiger partial charge in [0.25, 0.3) is 5.91 Å². The van der Waals surface area contributed by atoms with Gasteiger partial charge in [-0.3, -0.25) is 4.79 Å². The highest BCUT2D eigenvalue weighted by molar-refractivity contribution is 7.98. The summed E-state index contributed by atoms with van der Waals surface area (Å²) in [6.45, 7) is 5.68. The summed E-state index contributed by atoms with van der Waals surface area (Å²) in [4.78, 5) is 29.1. The number of carbonyl (C=O) groups excluding carboxylic acids is 1. The highest BCUT2D eigenvalue weighted by atomic mass is 32.2. The van der Waals surface area contributed by atoms with Crippen LogP contribution in [0.4, 0.5) is 0 Å². The van der Waals surface area contributed by atoms with Gasteiger partial charge in [0.1, 0.15) is 30.4 Å². The van der Waals surface area contributed by atoms with Crippen molar-refractivity contribution in [3.8, 4) is 22.6 Å². The molecule has 0 aliphatic rings. The van der Waals surface area contributed by atoms with Crippen LogP contribution in [0.2, 0.25) is 0 Å². The van der Waals surface area contributed by atoms with E-state index in [1.165, 1.54) is 7.11 Å². The highest BCUT2D eigenvalue weighted by Crippen LogP contribution is 2.40. The molecule has 190 valence electrons. The molecule has 0 saturated carbocycles. The Hall–Kier alpha value is -3.20. The maximum absolute atomic E-state index is 12.5. The number of amides is 1. The van der Waals surface area contributed by atoms with Gasteiger partial charge in [-0.1, -0.05) is 50.2 Å². The molecule has 0 spiro atoms.